The number of nitrogens with one attached hydrogen (secondary N) is 1. The van der Waals surface area contributed by atoms with Gasteiger partial charge in [0.15, 0.2) is 0 Å². The lowest BCUT2D eigenvalue weighted by Crippen LogP contribution is -2.44. The van der Waals surface area contributed by atoms with Crippen molar-refractivity contribution in [1.82, 2.24) is 10.4 Å². The lowest BCUT2D eigenvalue weighted by molar-refractivity contribution is 0.0801. The van der Waals surface area contributed by atoms with Crippen LogP contribution in [0.5, 0.6) is 5.75 Å². The minimum Gasteiger partial charge on any atom is -0.497 e. The molecule has 0 saturated heterocycles. The van der Waals surface area contributed by atoms with Gasteiger partial charge in [-0.2, -0.15) is 0 Å². The largest absolute Gasteiger partial charge is 0.497 e. The smallest absolute Gasteiger partial charge is 0.265 e. The van der Waals surface area contributed by atoms with Gasteiger partial charge < -0.3 is 4.74 Å². The van der Waals surface area contributed by atoms with Gasteiger partial charge in [-0.3, -0.25) is 10.2 Å². The molecule has 4 nitrogen and oxygen atoms in total. The van der Waals surface area contributed by atoms with Crippen LogP contribution in [0.25, 0.3) is 0 Å². The third-order valence-electron chi connectivity index (χ3n) is 3.35. The molecule has 1 heterocycles. The molecule has 1 aliphatic heterocycles. The molecule has 2 rings (SSSR count). The number of amides is 1. The molecule has 0 spiro atoms. The number of ether oxygens (including phenoxy) is 1. The highest BCUT2D eigenvalue weighted by molar-refractivity contribution is 5.94. The van der Waals surface area contributed by atoms with E-state index in [2.05, 4.69) is 18.4 Å². The van der Waals surface area contributed by atoms with Crippen LogP contribution >= 0.6 is 0 Å². The summed E-state index contributed by atoms with van der Waals surface area (Å²) in [5.74, 6) is 0.603. The summed E-state index contributed by atoms with van der Waals surface area (Å²) < 4.78 is 5.12. The summed E-state index contributed by atoms with van der Waals surface area (Å²) in [7, 11) is 1.60. The van der Waals surface area contributed by atoms with Crippen molar-refractivity contribution in [2.24, 2.45) is 0 Å². The fourth-order valence-electron chi connectivity index (χ4n) is 2.11. The number of carbonyl (C=O) groups is 1. The van der Waals surface area contributed by atoms with E-state index in [1.54, 1.807) is 19.2 Å². The van der Waals surface area contributed by atoms with E-state index < -0.39 is 0 Å². The van der Waals surface area contributed by atoms with Crippen molar-refractivity contribution in [2.45, 2.75) is 19.8 Å². The maximum absolute atomic E-state index is 12.1. The number of hydrogen-bond donors (Lipinski definition) is 1. The van der Waals surface area contributed by atoms with E-state index >= 15 is 0 Å². The lowest BCUT2D eigenvalue weighted by atomic mass is 10.1. The van der Waals surface area contributed by atoms with Crippen LogP contribution < -0.4 is 10.2 Å². The molecule has 0 fully saturated rings. The van der Waals surface area contributed by atoms with Gasteiger partial charge in [-0.15, -0.1) is 0 Å². The zero-order valence-electron chi connectivity index (χ0n) is 11.5. The van der Waals surface area contributed by atoms with Gasteiger partial charge in [0.2, 0.25) is 0 Å². The van der Waals surface area contributed by atoms with Crippen LogP contribution in [0.15, 0.2) is 35.9 Å². The molecule has 0 aliphatic carbocycles. The molecule has 0 saturated carbocycles. The zero-order chi connectivity index (χ0) is 13.7. The van der Waals surface area contributed by atoms with Crippen molar-refractivity contribution < 1.29 is 9.53 Å². The molecule has 102 valence electrons. The van der Waals surface area contributed by atoms with Crippen LogP contribution in [-0.2, 0) is 0 Å². The Morgan fingerprint density at radius 1 is 1.47 bits per heavy atom. The van der Waals surface area contributed by atoms with Gasteiger partial charge in [-0.25, -0.2) is 5.01 Å². The Morgan fingerprint density at radius 2 is 2.32 bits per heavy atom. The standard InChI is InChI=1S/C15H20N2O2/c1-3-12-7-9-17(10-8-12)16-15(18)13-5-4-6-14(11-13)19-2/h4-7,11H,3,8-10H2,1-2H3,(H,16,18). The van der Waals surface area contributed by atoms with E-state index in [0.29, 0.717) is 11.3 Å². The fraction of sp³-hybridized carbons (Fsp3) is 0.400. The first-order valence-corrected chi connectivity index (χ1v) is 6.61. The molecular weight excluding hydrogens is 240 g/mol. The molecule has 19 heavy (non-hydrogen) atoms. The minimum absolute atomic E-state index is 0.0905. The van der Waals surface area contributed by atoms with Gasteiger partial charge in [0.25, 0.3) is 5.91 Å². The average molecular weight is 260 g/mol. The summed E-state index contributed by atoms with van der Waals surface area (Å²) in [6, 6.07) is 7.18. The highest BCUT2D eigenvalue weighted by atomic mass is 16.5. The van der Waals surface area contributed by atoms with Gasteiger partial charge >= 0.3 is 0 Å². The van der Waals surface area contributed by atoms with E-state index in [1.807, 2.05) is 17.1 Å². The van der Waals surface area contributed by atoms with Crippen LogP contribution in [0.4, 0.5) is 0 Å². The SMILES string of the molecule is CCC1=CCN(NC(=O)c2cccc(OC)c2)CC1. The topological polar surface area (TPSA) is 41.6 Å². The van der Waals surface area contributed by atoms with Gasteiger partial charge in [0, 0.05) is 18.7 Å². The normalized spacial score (nSPS) is 15.8. The summed E-state index contributed by atoms with van der Waals surface area (Å²) in [4.78, 5) is 12.1. The van der Waals surface area contributed by atoms with Crippen LogP contribution in [0, 0.1) is 0 Å². The molecule has 0 atom stereocenters. The summed E-state index contributed by atoms with van der Waals surface area (Å²) in [6.07, 6.45) is 4.31. The predicted molar refractivity (Wildman–Crippen MR) is 75.0 cm³/mol. The Balaban J connectivity index is 1.96. The molecule has 0 aromatic heterocycles. The quantitative estimate of drug-likeness (QED) is 0.845. The second-order valence-electron chi connectivity index (χ2n) is 4.58. The second kappa shape index (κ2) is 6.38. The van der Waals surface area contributed by atoms with Crippen LogP contribution in [-0.4, -0.2) is 31.1 Å². The maximum Gasteiger partial charge on any atom is 0.265 e. The number of rotatable bonds is 4. The van der Waals surface area contributed by atoms with Crippen molar-refractivity contribution >= 4 is 5.91 Å². The molecule has 1 N–H and O–H groups in total. The van der Waals surface area contributed by atoms with Crippen LogP contribution in [0.3, 0.4) is 0 Å². The number of hydrogen-bond acceptors (Lipinski definition) is 3. The monoisotopic (exact) mass is 260 g/mol. The summed E-state index contributed by atoms with van der Waals surface area (Å²) in [6.45, 7) is 3.81. The predicted octanol–water partition coefficient (Wildman–Crippen LogP) is 2.38. The maximum atomic E-state index is 12.1. The first-order valence-electron chi connectivity index (χ1n) is 6.61. The number of benzene rings is 1. The highest BCUT2D eigenvalue weighted by Crippen LogP contribution is 2.14. The van der Waals surface area contributed by atoms with Crippen LogP contribution in [0.1, 0.15) is 30.1 Å². The van der Waals surface area contributed by atoms with Gasteiger partial charge in [0.1, 0.15) is 5.75 Å². The molecule has 1 aliphatic rings. The van der Waals surface area contributed by atoms with Crippen molar-refractivity contribution in [3.8, 4) is 5.75 Å². The Morgan fingerprint density at radius 3 is 2.95 bits per heavy atom. The third-order valence-corrected chi connectivity index (χ3v) is 3.35. The first-order chi connectivity index (χ1) is 9.22. The molecule has 0 unspecified atom stereocenters. The van der Waals surface area contributed by atoms with E-state index in [4.69, 9.17) is 4.74 Å². The number of hydrazine groups is 1. The lowest BCUT2D eigenvalue weighted by Gasteiger charge is -2.26. The van der Waals surface area contributed by atoms with Crippen molar-refractivity contribution in [3.63, 3.8) is 0 Å². The zero-order valence-corrected chi connectivity index (χ0v) is 11.5. The van der Waals surface area contributed by atoms with Crippen molar-refractivity contribution in [1.29, 1.82) is 0 Å². The first kappa shape index (κ1) is 13.6. The third kappa shape index (κ3) is 3.58. The van der Waals surface area contributed by atoms with Gasteiger partial charge in [-0.05, 0) is 31.0 Å². The molecular formula is C15H20N2O2. The Kier molecular flexibility index (Phi) is 4.58. The number of carbonyl (C=O) groups excluding carboxylic acids is 1. The Labute approximate surface area is 114 Å². The highest BCUT2D eigenvalue weighted by Gasteiger charge is 2.14. The summed E-state index contributed by atoms with van der Waals surface area (Å²) >= 11 is 0. The van der Waals surface area contributed by atoms with Crippen LogP contribution in [0.2, 0.25) is 0 Å². The molecule has 1 aromatic rings. The van der Waals surface area contributed by atoms with Gasteiger partial charge in [-0.1, -0.05) is 24.6 Å². The minimum atomic E-state index is -0.0905. The number of nitrogens with zero attached hydrogens (tertiary/aromatic N) is 1. The summed E-state index contributed by atoms with van der Waals surface area (Å²) in [5, 5.41) is 1.95. The summed E-state index contributed by atoms with van der Waals surface area (Å²) in [5.41, 5.74) is 5.01. The van der Waals surface area contributed by atoms with E-state index in [-0.39, 0.29) is 5.91 Å². The fourth-order valence-corrected chi connectivity index (χ4v) is 2.11. The Bertz CT molecular complexity index is 483. The molecule has 0 radical (unpaired) electrons. The molecule has 1 aromatic carbocycles. The Hall–Kier alpha value is -1.81. The van der Waals surface area contributed by atoms with E-state index in [1.165, 1.54) is 5.57 Å². The van der Waals surface area contributed by atoms with Crippen molar-refractivity contribution in [2.75, 3.05) is 20.2 Å². The van der Waals surface area contributed by atoms with Gasteiger partial charge in [0.05, 0.1) is 7.11 Å². The molecule has 1 amide bonds. The molecule has 0 bridgehead atoms. The van der Waals surface area contributed by atoms with Crippen molar-refractivity contribution in [3.05, 3.63) is 41.5 Å². The van der Waals surface area contributed by atoms with E-state index in [0.717, 1.165) is 25.9 Å². The number of methoxy groups -OCH3 is 1. The van der Waals surface area contributed by atoms with E-state index in [9.17, 15) is 4.79 Å². The average Bonchev–Trinajstić information content (AvgIpc) is 2.48. The second-order valence-corrected chi connectivity index (χ2v) is 4.58. The molecule has 4 heteroatoms.